The predicted molar refractivity (Wildman–Crippen MR) is 84.6 cm³/mol. The summed E-state index contributed by atoms with van der Waals surface area (Å²) < 4.78 is 32.6. The molecule has 0 saturated carbocycles. The van der Waals surface area contributed by atoms with Crippen molar-refractivity contribution in [3.05, 3.63) is 53.5 Å². The van der Waals surface area contributed by atoms with Crippen LogP contribution in [0.25, 0.3) is 0 Å². The van der Waals surface area contributed by atoms with Crippen molar-refractivity contribution >= 4 is 17.5 Å². The third-order valence-electron chi connectivity index (χ3n) is 4.77. The van der Waals surface area contributed by atoms with E-state index in [1.807, 2.05) is 0 Å². The molecule has 1 unspecified atom stereocenters. The summed E-state index contributed by atoms with van der Waals surface area (Å²) in [5.41, 5.74) is 0.631. The largest absolute Gasteiger partial charge is 0.467 e. The molecule has 2 aliphatic rings. The van der Waals surface area contributed by atoms with Crippen molar-refractivity contribution < 1.29 is 22.8 Å². The number of benzene rings is 1. The Morgan fingerprint density at radius 1 is 1.32 bits per heavy atom. The number of halogens is 2. The Balaban J connectivity index is 1.51. The first-order chi connectivity index (χ1) is 12.0. The Kier molecular flexibility index (Phi) is 3.78. The zero-order valence-electron chi connectivity index (χ0n) is 13.4. The second-order valence-electron chi connectivity index (χ2n) is 6.38. The number of furan rings is 1. The monoisotopic (exact) mass is 346 g/mol. The van der Waals surface area contributed by atoms with Crippen LogP contribution in [0.3, 0.4) is 0 Å². The van der Waals surface area contributed by atoms with Crippen LogP contribution in [0.1, 0.15) is 17.7 Å². The number of carbonyl (C=O) groups is 2. The number of carbonyl (C=O) groups excluding carboxylic acids is 2. The van der Waals surface area contributed by atoms with Crippen LogP contribution in [0.2, 0.25) is 0 Å². The van der Waals surface area contributed by atoms with E-state index < -0.39 is 17.6 Å². The molecule has 0 aliphatic carbocycles. The van der Waals surface area contributed by atoms with E-state index in [2.05, 4.69) is 0 Å². The highest BCUT2D eigenvalue weighted by atomic mass is 19.1. The molecule has 0 bridgehead atoms. The zero-order chi connectivity index (χ0) is 17.6. The Bertz CT molecular complexity index is 835. The van der Waals surface area contributed by atoms with Crippen LogP contribution in [0.15, 0.2) is 34.9 Å². The molecule has 0 spiro atoms. The Hall–Kier alpha value is -2.70. The predicted octanol–water partition coefficient (Wildman–Crippen LogP) is 2.50. The van der Waals surface area contributed by atoms with Crippen LogP contribution < -0.4 is 4.90 Å². The normalized spacial score (nSPS) is 19.6. The van der Waals surface area contributed by atoms with E-state index in [4.69, 9.17) is 4.42 Å². The average Bonchev–Trinajstić information content (AvgIpc) is 3.28. The van der Waals surface area contributed by atoms with E-state index in [0.29, 0.717) is 30.8 Å². The highest BCUT2D eigenvalue weighted by Crippen LogP contribution is 2.33. The Morgan fingerprint density at radius 2 is 2.16 bits per heavy atom. The first-order valence-corrected chi connectivity index (χ1v) is 8.12. The third-order valence-corrected chi connectivity index (χ3v) is 4.77. The molecule has 3 heterocycles. The lowest BCUT2D eigenvalue weighted by Crippen LogP contribution is -2.36. The molecular formula is C18H16F2N2O3. The van der Waals surface area contributed by atoms with Gasteiger partial charge in [0.1, 0.15) is 17.4 Å². The molecule has 0 radical (unpaired) electrons. The van der Waals surface area contributed by atoms with Gasteiger partial charge in [-0.3, -0.25) is 9.59 Å². The lowest BCUT2D eigenvalue weighted by molar-refractivity contribution is -0.129. The van der Waals surface area contributed by atoms with Gasteiger partial charge < -0.3 is 14.2 Å². The summed E-state index contributed by atoms with van der Waals surface area (Å²) in [4.78, 5) is 28.0. The average molecular weight is 346 g/mol. The van der Waals surface area contributed by atoms with Gasteiger partial charge in [0.15, 0.2) is 0 Å². The maximum absolute atomic E-state index is 13.9. The number of hydrogen-bond acceptors (Lipinski definition) is 3. The van der Waals surface area contributed by atoms with Crippen molar-refractivity contribution in [2.24, 2.45) is 5.92 Å². The summed E-state index contributed by atoms with van der Waals surface area (Å²) in [6.45, 7) is 0.898. The number of fused-ring (bicyclic) bond motifs is 1. The molecule has 25 heavy (non-hydrogen) atoms. The first kappa shape index (κ1) is 15.8. The van der Waals surface area contributed by atoms with Crippen molar-refractivity contribution in [1.82, 2.24) is 4.90 Å². The van der Waals surface area contributed by atoms with Crippen molar-refractivity contribution in [1.29, 1.82) is 0 Å². The number of anilines is 1. The molecule has 1 atom stereocenters. The number of rotatable bonds is 3. The minimum atomic E-state index is -0.710. The van der Waals surface area contributed by atoms with Crippen molar-refractivity contribution in [3.63, 3.8) is 0 Å². The maximum atomic E-state index is 13.9. The fourth-order valence-corrected chi connectivity index (χ4v) is 3.55. The van der Waals surface area contributed by atoms with Gasteiger partial charge in [-0.05, 0) is 24.6 Å². The fraction of sp³-hybridized carbons (Fsp3) is 0.333. The molecular weight excluding hydrogens is 330 g/mol. The second-order valence-corrected chi connectivity index (χ2v) is 6.38. The standard InChI is InChI=1S/C18H16F2N2O3/c19-12-7-15(20)14-3-4-22(16(14)8-12)18(24)11-6-17(23)21(9-11)10-13-2-1-5-25-13/h1-2,5,7-8,11H,3-4,6,9-10H2. The summed E-state index contributed by atoms with van der Waals surface area (Å²) in [6, 6.07) is 5.52. The molecule has 4 rings (SSSR count). The van der Waals surface area contributed by atoms with Gasteiger partial charge in [-0.1, -0.05) is 0 Å². The van der Waals surface area contributed by atoms with Gasteiger partial charge >= 0.3 is 0 Å². The summed E-state index contributed by atoms with van der Waals surface area (Å²) in [5, 5.41) is 0. The summed E-state index contributed by atoms with van der Waals surface area (Å²) in [7, 11) is 0. The van der Waals surface area contributed by atoms with Crippen LogP contribution in [-0.4, -0.2) is 29.8 Å². The third kappa shape index (κ3) is 2.79. The molecule has 130 valence electrons. The second kappa shape index (κ2) is 5.98. The molecule has 2 aromatic rings. The summed E-state index contributed by atoms with van der Waals surface area (Å²) in [6.07, 6.45) is 1.98. The SMILES string of the molecule is O=C1CC(C(=O)N2CCc3c(F)cc(F)cc32)CN1Cc1ccco1. The molecule has 1 fully saturated rings. The van der Waals surface area contributed by atoms with E-state index >= 15 is 0 Å². The minimum Gasteiger partial charge on any atom is -0.467 e. The molecule has 2 amide bonds. The van der Waals surface area contributed by atoms with Crippen molar-refractivity contribution in [2.75, 3.05) is 18.0 Å². The molecule has 1 saturated heterocycles. The first-order valence-electron chi connectivity index (χ1n) is 8.12. The van der Waals surface area contributed by atoms with Crippen LogP contribution in [-0.2, 0) is 22.6 Å². The molecule has 0 N–H and O–H groups in total. The van der Waals surface area contributed by atoms with Gasteiger partial charge in [0.25, 0.3) is 0 Å². The van der Waals surface area contributed by atoms with Crippen molar-refractivity contribution in [2.45, 2.75) is 19.4 Å². The van der Waals surface area contributed by atoms with E-state index in [0.717, 1.165) is 6.07 Å². The molecule has 1 aromatic heterocycles. The zero-order valence-corrected chi connectivity index (χ0v) is 13.4. The van der Waals surface area contributed by atoms with E-state index in [1.54, 1.807) is 17.0 Å². The smallest absolute Gasteiger partial charge is 0.232 e. The summed E-state index contributed by atoms with van der Waals surface area (Å²) in [5.74, 6) is -1.60. The number of hydrogen-bond donors (Lipinski definition) is 0. The van der Waals surface area contributed by atoms with E-state index in [-0.39, 0.29) is 30.5 Å². The fourth-order valence-electron chi connectivity index (χ4n) is 3.55. The van der Waals surface area contributed by atoms with Crippen molar-refractivity contribution in [3.8, 4) is 0 Å². The van der Waals surface area contributed by atoms with Gasteiger partial charge in [0.05, 0.1) is 24.4 Å². The lowest BCUT2D eigenvalue weighted by atomic mass is 10.1. The maximum Gasteiger partial charge on any atom is 0.232 e. The van der Waals surface area contributed by atoms with Gasteiger partial charge in [0.2, 0.25) is 11.8 Å². The van der Waals surface area contributed by atoms with Crippen LogP contribution in [0, 0.1) is 17.6 Å². The lowest BCUT2D eigenvalue weighted by Gasteiger charge is -2.21. The number of amides is 2. The molecule has 7 heteroatoms. The minimum absolute atomic E-state index is 0.100. The quantitative estimate of drug-likeness (QED) is 0.858. The highest BCUT2D eigenvalue weighted by Gasteiger charge is 2.39. The van der Waals surface area contributed by atoms with Crippen LogP contribution in [0.4, 0.5) is 14.5 Å². The number of nitrogens with zero attached hydrogens (tertiary/aromatic N) is 2. The van der Waals surface area contributed by atoms with E-state index in [1.165, 1.54) is 17.2 Å². The Labute approximate surface area is 142 Å². The van der Waals surface area contributed by atoms with Gasteiger partial charge in [-0.25, -0.2) is 8.78 Å². The van der Waals surface area contributed by atoms with Gasteiger partial charge in [0, 0.05) is 31.1 Å². The van der Waals surface area contributed by atoms with Crippen LogP contribution in [0.5, 0.6) is 0 Å². The van der Waals surface area contributed by atoms with Crippen LogP contribution >= 0.6 is 0 Å². The van der Waals surface area contributed by atoms with E-state index in [9.17, 15) is 18.4 Å². The summed E-state index contributed by atoms with van der Waals surface area (Å²) >= 11 is 0. The van der Waals surface area contributed by atoms with Gasteiger partial charge in [-0.15, -0.1) is 0 Å². The molecule has 2 aliphatic heterocycles. The highest BCUT2D eigenvalue weighted by molar-refractivity contribution is 6.00. The number of likely N-dealkylation sites (tertiary alicyclic amines) is 1. The molecule has 5 nitrogen and oxygen atoms in total. The Morgan fingerprint density at radius 3 is 2.92 bits per heavy atom. The molecule has 1 aromatic carbocycles. The topological polar surface area (TPSA) is 53.8 Å². The van der Waals surface area contributed by atoms with Gasteiger partial charge in [-0.2, -0.15) is 0 Å².